The molecule has 0 radical (unpaired) electrons. The van der Waals surface area contributed by atoms with Gasteiger partial charge in [0.2, 0.25) is 0 Å². The van der Waals surface area contributed by atoms with Gasteiger partial charge in [-0.15, -0.1) is 0 Å². The van der Waals surface area contributed by atoms with E-state index in [9.17, 15) is 4.79 Å². The van der Waals surface area contributed by atoms with Gasteiger partial charge in [-0.2, -0.15) is 0 Å². The molecule has 160 valence electrons. The molecule has 3 aromatic rings. The van der Waals surface area contributed by atoms with Crippen LogP contribution in [0.4, 0.5) is 0 Å². The first-order chi connectivity index (χ1) is 14.9. The Morgan fingerprint density at radius 2 is 1.61 bits per heavy atom. The number of rotatable bonds is 7. The highest BCUT2D eigenvalue weighted by atomic mass is 16.4. The molecular formula is C28H31NO2. The molecule has 1 aliphatic rings. The number of aliphatic carboxylic acids is 1. The summed E-state index contributed by atoms with van der Waals surface area (Å²) in [7, 11) is 0. The zero-order valence-electron chi connectivity index (χ0n) is 18.6. The number of carbonyl (C=O) groups is 1. The zero-order chi connectivity index (χ0) is 22.0. The first-order valence-electron chi connectivity index (χ1n) is 11.1. The summed E-state index contributed by atoms with van der Waals surface area (Å²) in [4.78, 5) is 13.2. The second-order valence-electron chi connectivity index (χ2n) is 9.06. The average Bonchev–Trinajstić information content (AvgIpc) is 2.71. The molecule has 0 saturated carbocycles. The van der Waals surface area contributed by atoms with Crippen molar-refractivity contribution in [2.75, 3.05) is 13.1 Å². The molecule has 1 heterocycles. The molecule has 1 saturated heterocycles. The van der Waals surface area contributed by atoms with Gasteiger partial charge < -0.3 is 5.11 Å². The summed E-state index contributed by atoms with van der Waals surface area (Å²) in [5.41, 5.74) is 9.21. The molecule has 31 heavy (non-hydrogen) atoms. The third kappa shape index (κ3) is 5.05. The molecule has 3 aromatic carbocycles. The number of carboxylic acid groups (broad SMARTS) is 1. The van der Waals surface area contributed by atoms with E-state index >= 15 is 0 Å². The van der Waals surface area contributed by atoms with Gasteiger partial charge in [-0.05, 0) is 60.6 Å². The molecule has 3 heteroatoms. The van der Waals surface area contributed by atoms with Crippen LogP contribution in [0, 0.1) is 26.7 Å². The van der Waals surface area contributed by atoms with Crippen LogP contribution in [0.25, 0.3) is 0 Å². The van der Waals surface area contributed by atoms with Crippen molar-refractivity contribution >= 4 is 5.97 Å². The maximum absolute atomic E-state index is 11.0. The molecule has 4 rings (SSSR count). The van der Waals surface area contributed by atoms with Crippen molar-refractivity contribution in [3.05, 3.63) is 106 Å². The van der Waals surface area contributed by atoms with Crippen LogP contribution in [0.5, 0.6) is 0 Å². The SMILES string of the molecule is Cc1cccc(C(Cc2ccc(C)c(C)c2)c2ccc(CN3CC(C(=O)O)C3)cc2)c1. The quantitative estimate of drug-likeness (QED) is 0.556. The summed E-state index contributed by atoms with van der Waals surface area (Å²) in [6.45, 7) is 8.60. The molecule has 1 aliphatic heterocycles. The number of hydrogen-bond donors (Lipinski definition) is 1. The predicted molar refractivity (Wildman–Crippen MR) is 125 cm³/mol. The lowest BCUT2D eigenvalue weighted by molar-refractivity contribution is -0.147. The van der Waals surface area contributed by atoms with Gasteiger partial charge in [-0.3, -0.25) is 9.69 Å². The van der Waals surface area contributed by atoms with Crippen molar-refractivity contribution in [2.45, 2.75) is 39.7 Å². The highest BCUT2D eigenvalue weighted by Gasteiger charge is 2.32. The fraction of sp³-hybridized carbons (Fsp3) is 0.321. The standard InChI is InChI=1S/C28H31NO2/c1-19-5-4-6-25(13-19)27(15-23-8-7-20(2)21(3)14-23)24-11-9-22(10-12-24)16-29-17-26(18-29)28(30)31/h4-14,26-27H,15-18H2,1-3H3,(H,30,31). The Kier molecular flexibility index (Phi) is 6.24. The van der Waals surface area contributed by atoms with Gasteiger partial charge in [-0.1, -0.05) is 72.3 Å². The molecule has 1 N–H and O–H groups in total. The Hall–Kier alpha value is -2.91. The minimum absolute atomic E-state index is 0.206. The van der Waals surface area contributed by atoms with Crippen LogP contribution in [0.2, 0.25) is 0 Å². The molecule has 0 aromatic heterocycles. The van der Waals surface area contributed by atoms with Crippen molar-refractivity contribution in [3.8, 4) is 0 Å². The van der Waals surface area contributed by atoms with Crippen LogP contribution in [0.3, 0.4) is 0 Å². The third-order valence-corrected chi connectivity index (χ3v) is 6.55. The predicted octanol–water partition coefficient (Wildman–Crippen LogP) is 5.50. The first-order valence-corrected chi connectivity index (χ1v) is 11.1. The number of nitrogens with zero attached hydrogens (tertiary/aromatic N) is 1. The first kappa shape index (κ1) is 21.3. The summed E-state index contributed by atoms with van der Waals surface area (Å²) >= 11 is 0. The van der Waals surface area contributed by atoms with Crippen LogP contribution in [-0.4, -0.2) is 29.1 Å². The molecule has 0 bridgehead atoms. The van der Waals surface area contributed by atoms with Crippen molar-refractivity contribution < 1.29 is 9.90 Å². The van der Waals surface area contributed by atoms with E-state index in [4.69, 9.17) is 5.11 Å². The van der Waals surface area contributed by atoms with Crippen LogP contribution in [0.1, 0.15) is 44.9 Å². The second kappa shape index (κ2) is 9.07. The summed E-state index contributed by atoms with van der Waals surface area (Å²) in [5.74, 6) is -0.585. The van der Waals surface area contributed by atoms with Gasteiger partial charge >= 0.3 is 5.97 Å². The molecule has 0 aliphatic carbocycles. The fourth-order valence-corrected chi connectivity index (χ4v) is 4.45. The maximum Gasteiger partial charge on any atom is 0.309 e. The van der Waals surface area contributed by atoms with Crippen molar-refractivity contribution in [3.63, 3.8) is 0 Å². The number of likely N-dealkylation sites (tertiary alicyclic amines) is 1. The average molecular weight is 414 g/mol. The summed E-state index contributed by atoms with van der Waals surface area (Å²) in [6, 6.07) is 24.5. The molecule has 1 atom stereocenters. The van der Waals surface area contributed by atoms with E-state index in [-0.39, 0.29) is 5.92 Å². The Morgan fingerprint density at radius 1 is 0.903 bits per heavy atom. The van der Waals surface area contributed by atoms with Crippen LogP contribution in [0.15, 0.2) is 66.7 Å². The highest BCUT2D eigenvalue weighted by molar-refractivity contribution is 5.71. The number of benzene rings is 3. The van der Waals surface area contributed by atoms with Crippen molar-refractivity contribution in [2.24, 2.45) is 5.92 Å². The van der Waals surface area contributed by atoms with Crippen molar-refractivity contribution in [1.82, 2.24) is 4.90 Å². The summed E-state index contributed by atoms with van der Waals surface area (Å²) in [6.07, 6.45) is 0.969. The van der Waals surface area contributed by atoms with Gasteiger partial charge in [0.25, 0.3) is 0 Å². The topological polar surface area (TPSA) is 40.5 Å². The monoisotopic (exact) mass is 413 g/mol. The highest BCUT2D eigenvalue weighted by Crippen LogP contribution is 2.30. The van der Waals surface area contributed by atoms with E-state index in [1.54, 1.807) is 0 Å². The van der Waals surface area contributed by atoms with E-state index in [0.29, 0.717) is 19.0 Å². The third-order valence-electron chi connectivity index (χ3n) is 6.55. The van der Waals surface area contributed by atoms with E-state index < -0.39 is 5.97 Å². The summed E-state index contributed by atoms with van der Waals surface area (Å²) in [5, 5.41) is 9.07. The van der Waals surface area contributed by atoms with E-state index in [2.05, 4.69) is 92.4 Å². The fourth-order valence-electron chi connectivity index (χ4n) is 4.45. The van der Waals surface area contributed by atoms with E-state index in [1.807, 2.05) is 0 Å². The molecule has 0 spiro atoms. The molecule has 1 fully saturated rings. The zero-order valence-corrected chi connectivity index (χ0v) is 18.6. The largest absolute Gasteiger partial charge is 0.481 e. The Labute approximate surface area is 185 Å². The molecule has 3 nitrogen and oxygen atoms in total. The van der Waals surface area contributed by atoms with Crippen LogP contribution in [-0.2, 0) is 17.8 Å². The van der Waals surface area contributed by atoms with Crippen molar-refractivity contribution in [1.29, 1.82) is 0 Å². The van der Waals surface area contributed by atoms with Gasteiger partial charge in [0, 0.05) is 25.6 Å². The van der Waals surface area contributed by atoms with Gasteiger partial charge in [-0.25, -0.2) is 0 Å². The van der Waals surface area contributed by atoms with Gasteiger partial charge in [0.15, 0.2) is 0 Å². The lowest BCUT2D eigenvalue weighted by Crippen LogP contribution is -2.49. The second-order valence-corrected chi connectivity index (χ2v) is 9.06. The molecular weight excluding hydrogens is 382 g/mol. The Bertz CT molecular complexity index is 1060. The van der Waals surface area contributed by atoms with E-state index in [1.165, 1.54) is 38.9 Å². The normalized spacial score (nSPS) is 15.5. The Balaban J connectivity index is 1.55. The minimum atomic E-state index is -0.682. The minimum Gasteiger partial charge on any atom is -0.481 e. The smallest absolute Gasteiger partial charge is 0.309 e. The number of aryl methyl sites for hydroxylation is 3. The molecule has 1 unspecified atom stereocenters. The van der Waals surface area contributed by atoms with Gasteiger partial charge in [0.05, 0.1) is 5.92 Å². The maximum atomic E-state index is 11.0. The molecule has 0 amide bonds. The Morgan fingerprint density at radius 3 is 2.26 bits per heavy atom. The van der Waals surface area contributed by atoms with Crippen LogP contribution < -0.4 is 0 Å². The lowest BCUT2D eigenvalue weighted by atomic mass is 9.84. The lowest BCUT2D eigenvalue weighted by Gasteiger charge is -2.36. The number of hydrogen-bond acceptors (Lipinski definition) is 2. The number of carboxylic acids is 1. The van der Waals surface area contributed by atoms with Gasteiger partial charge in [0.1, 0.15) is 0 Å². The van der Waals surface area contributed by atoms with Crippen LogP contribution >= 0.6 is 0 Å². The van der Waals surface area contributed by atoms with E-state index in [0.717, 1.165) is 13.0 Å². The summed E-state index contributed by atoms with van der Waals surface area (Å²) < 4.78 is 0.